The van der Waals surface area contributed by atoms with E-state index in [9.17, 15) is 4.79 Å². The lowest BCUT2D eigenvalue weighted by molar-refractivity contribution is 0.0933. The van der Waals surface area contributed by atoms with Crippen molar-refractivity contribution in [1.29, 1.82) is 0 Å². The van der Waals surface area contributed by atoms with Crippen LogP contribution in [0.25, 0.3) is 0 Å². The smallest absolute Gasteiger partial charge is 0.252 e. The van der Waals surface area contributed by atoms with Gasteiger partial charge in [-0.2, -0.15) is 0 Å². The number of rotatable bonds is 6. The fourth-order valence-electron chi connectivity index (χ4n) is 2.32. The zero-order chi connectivity index (χ0) is 14.7. The molecule has 0 radical (unpaired) electrons. The van der Waals surface area contributed by atoms with Crippen molar-refractivity contribution in [1.82, 2.24) is 5.32 Å². The number of carbonyl (C=O) groups is 1. The van der Waals surface area contributed by atoms with Crippen molar-refractivity contribution >= 4 is 17.7 Å². The standard InChI is InChI=1S/C17H19NO2S/c1-12(13-8-9-13)18-17(19)15-6-2-3-7-16(15)21-11-14-5-4-10-20-14/h2-7,10,12-13H,8-9,11H2,1H3,(H,18,19)/t12-/m1/s1. The van der Waals surface area contributed by atoms with Gasteiger partial charge < -0.3 is 9.73 Å². The van der Waals surface area contributed by atoms with Crippen molar-refractivity contribution in [2.24, 2.45) is 5.92 Å². The fourth-order valence-corrected chi connectivity index (χ4v) is 3.28. The van der Waals surface area contributed by atoms with Crippen LogP contribution in [0, 0.1) is 5.92 Å². The summed E-state index contributed by atoms with van der Waals surface area (Å²) in [4.78, 5) is 13.4. The lowest BCUT2D eigenvalue weighted by atomic mass is 10.1. The summed E-state index contributed by atoms with van der Waals surface area (Å²) >= 11 is 1.63. The normalized spacial score (nSPS) is 15.7. The zero-order valence-electron chi connectivity index (χ0n) is 12.0. The third kappa shape index (κ3) is 3.70. The lowest BCUT2D eigenvalue weighted by Crippen LogP contribution is -2.34. The van der Waals surface area contributed by atoms with Gasteiger partial charge >= 0.3 is 0 Å². The van der Waals surface area contributed by atoms with E-state index in [1.165, 1.54) is 12.8 Å². The van der Waals surface area contributed by atoms with E-state index < -0.39 is 0 Å². The number of furan rings is 1. The first kappa shape index (κ1) is 14.3. The summed E-state index contributed by atoms with van der Waals surface area (Å²) in [5.41, 5.74) is 0.751. The fraction of sp³-hybridized carbons (Fsp3) is 0.353. The van der Waals surface area contributed by atoms with E-state index in [1.807, 2.05) is 36.4 Å². The van der Waals surface area contributed by atoms with Crippen LogP contribution in [-0.4, -0.2) is 11.9 Å². The Morgan fingerprint density at radius 3 is 2.86 bits per heavy atom. The van der Waals surface area contributed by atoms with Crippen molar-refractivity contribution in [3.8, 4) is 0 Å². The van der Waals surface area contributed by atoms with Gasteiger partial charge in [-0.15, -0.1) is 11.8 Å². The number of amides is 1. The predicted molar refractivity (Wildman–Crippen MR) is 84.4 cm³/mol. The molecule has 0 spiro atoms. The van der Waals surface area contributed by atoms with Gasteiger partial charge in [0, 0.05) is 10.9 Å². The summed E-state index contributed by atoms with van der Waals surface area (Å²) in [7, 11) is 0. The third-order valence-electron chi connectivity index (χ3n) is 3.77. The number of nitrogens with one attached hydrogen (secondary N) is 1. The van der Waals surface area contributed by atoms with Crippen LogP contribution in [0.1, 0.15) is 35.9 Å². The zero-order valence-corrected chi connectivity index (χ0v) is 12.9. The molecule has 1 aromatic carbocycles. The van der Waals surface area contributed by atoms with Gasteiger partial charge in [0.25, 0.3) is 5.91 Å². The third-order valence-corrected chi connectivity index (χ3v) is 4.87. The Kier molecular flexibility index (Phi) is 4.34. The molecule has 1 aliphatic rings. The van der Waals surface area contributed by atoms with Gasteiger partial charge in [-0.1, -0.05) is 12.1 Å². The average Bonchev–Trinajstić information content (AvgIpc) is 3.22. The highest BCUT2D eigenvalue weighted by Gasteiger charge is 2.29. The molecule has 1 aliphatic carbocycles. The molecular weight excluding hydrogens is 282 g/mol. The molecule has 1 aromatic heterocycles. The van der Waals surface area contributed by atoms with Crippen LogP contribution in [0.4, 0.5) is 0 Å². The van der Waals surface area contributed by atoms with Crippen molar-refractivity contribution in [3.05, 3.63) is 54.0 Å². The molecule has 1 amide bonds. The SMILES string of the molecule is C[C@@H](NC(=O)c1ccccc1SCc1ccco1)C1CC1. The minimum absolute atomic E-state index is 0.0249. The molecule has 1 atom stereocenters. The summed E-state index contributed by atoms with van der Waals surface area (Å²) in [5, 5.41) is 3.12. The van der Waals surface area contributed by atoms with Gasteiger partial charge in [-0.05, 0) is 49.9 Å². The second kappa shape index (κ2) is 6.39. The van der Waals surface area contributed by atoms with Crippen LogP contribution in [0.2, 0.25) is 0 Å². The van der Waals surface area contributed by atoms with Crippen molar-refractivity contribution < 1.29 is 9.21 Å². The van der Waals surface area contributed by atoms with Crippen LogP contribution < -0.4 is 5.32 Å². The lowest BCUT2D eigenvalue weighted by Gasteiger charge is -2.14. The molecule has 0 aliphatic heterocycles. The summed E-state index contributed by atoms with van der Waals surface area (Å²) in [5.74, 6) is 2.34. The first-order chi connectivity index (χ1) is 10.2. The summed E-state index contributed by atoms with van der Waals surface area (Å²) in [6, 6.07) is 11.8. The first-order valence-electron chi connectivity index (χ1n) is 7.29. The van der Waals surface area contributed by atoms with Crippen LogP contribution in [0.15, 0.2) is 52.0 Å². The highest BCUT2D eigenvalue weighted by atomic mass is 32.2. The Bertz CT molecular complexity index is 605. The minimum atomic E-state index is 0.0249. The Balaban J connectivity index is 1.67. The molecule has 3 rings (SSSR count). The van der Waals surface area contributed by atoms with Crippen LogP contribution in [0.5, 0.6) is 0 Å². The number of hydrogen-bond donors (Lipinski definition) is 1. The molecule has 1 N–H and O–H groups in total. The highest BCUT2D eigenvalue weighted by molar-refractivity contribution is 7.98. The minimum Gasteiger partial charge on any atom is -0.468 e. The van der Waals surface area contributed by atoms with Gasteiger partial charge in [0.05, 0.1) is 17.6 Å². The summed E-state index contributed by atoms with van der Waals surface area (Å²) < 4.78 is 5.34. The molecule has 1 heterocycles. The Morgan fingerprint density at radius 1 is 1.33 bits per heavy atom. The summed E-state index contributed by atoms with van der Waals surface area (Å²) in [6.45, 7) is 2.09. The number of hydrogen-bond acceptors (Lipinski definition) is 3. The molecule has 21 heavy (non-hydrogen) atoms. The van der Waals surface area contributed by atoms with E-state index in [-0.39, 0.29) is 11.9 Å². The molecule has 4 heteroatoms. The number of carbonyl (C=O) groups excluding carboxylic acids is 1. The van der Waals surface area contributed by atoms with E-state index in [4.69, 9.17) is 4.42 Å². The van der Waals surface area contributed by atoms with Gasteiger partial charge in [0.15, 0.2) is 0 Å². The van der Waals surface area contributed by atoms with Crippen LogP contribution in [-0.2, 0) is 5.75 Å². The molecule has 0 saturated heterocycles. The monoisotopic (exact) mass is 301 g/mol. The molecule has 0 bridgehead atoms. The van der Waals surface area contributed by atoms with Gasteiger partial charge in [-0.3, -0.25) is 4.79 Å². The maximum Gasteiger partial charge on any atom is 0.252 e. The van der Waals surface area contributed by atoms with Gasteiger partial charge in [0.2, 0.25) is 0 Å². The topological polar surface area (TPSA) is 42.2 Å². The van der Waals surface area contributed by atoms with Crippen molar-refractivity contribution in [3.63, 3.8) is 0 Å². The second-order valence-corrected chi connectivity index (χ2v) is 6.48. The number of thioether (sulfide) groups is 1. The van der Waals surface area contributed by atoms with Crippen molar-refractivity contribution in [2.45, 2.75) is 36.5 Å². The highest BCUT2D eigenvalue weighted by Crippen LogP contribution is 2.33. The largest absolute Gasteiger partial charge is 0.468 e. The van der Waals surface area contributed by atoms with E-state index in [2.05, 4.69) is 12.2 Å². The molecule has 2 aromatic rings. The van der Waals surface area contributed by atoms with E-state index in [0.717, 1.165) is 22.0 Å². The van der Waals surface area contributed by atoms with Crippen LogP contribution >= 0.6 is 11.8 Å². The molecular formula is C17H19NO2S. The molecule has 0 unspecified atom stereocenters. The van der Waals surface area contributed by atoms with E-state index in [0.29, 0.717) is 5.92 Å². The van der Waals surface area contributed by atoms with E-state index in [1.54, 1.807) is 18.0 Å². The Hall–Kier alpha value is -1.68. The molecule has 1 saturated carbocycles. The van der Waals surface area contributed by atoms with E-state index >= 15 is 0 Å². The Labute approximate surface area is 129 Å². The maximum atomic E-state index is 12.4. The quantitative estimate of drug-likeness (QED) is 0.817. The average molecular weight is 301 g/mol. The first-order valence-corrected chi connectivity index (χ1v) is 8.27. The van der Waals surface area contributed by atoms with Gasteiger partial charge in [0.1, 0.15) is 5.76 Å². The number of benzene rings is 1. The van der Waals surface area contributed by atoms with Gasteiger partial charge in [-0.25, -0.2) is 0 Å². The van der Waals surface area contributed by atoms with Crippen molar-refractivity contribution in [2.75, 3.05) is 0 Å². The molecule has 3 nitrogen and oxygen atoms in total. The predicted octanol–water partition coefficient (Wildman–Crippen LogP) is 4.10. The maximum absolute atomic E-state index is 12.4. The second-order valence-electron chi connectivity index (χ2n) is 5.46. The molecule has 110 valence electrons. The Morgan fingerprint density at radius 2 is 2.14 bits per heavy atom. The molecule has 1 fully saturated rings. The van der Waals surface area contributed by atoms with Crippen LogP contribution in [0.3, 0.4) is 0 Å². The summed E-state index contributed by atoms with van der Waals surface area (Å²) in [6.07, 6.45) is 4.14.